The van der Waals surface area contributed by atoms with Crippen LogP contribution >= 0.6 is 11.3 Å². The molecule has 0 saturated heterocycles. The van der Waals surface area contributed by atoms with Crippen LogP contribution in [0.2, 0.25) is 0 Å². The van der Waals surface area contributed by atoms with E-state index in [1.165, 1.54) is 11.3 Å². The van der Waals surface area contributed by atoms with Gasteiger partial charge >= 0.3 is 0 Å². The molecule has 1 amide bonds. The van der Waals surface area contributed by atoms with Gasteiger partial charge in [0, 0.05) is 0 Å². The highest BCUT2D eigenvalue weighted by molar-refractivity contribution is 7.22. The van der Waals surface area contributed by atoms with Crippen LogP contribution in [-0.2, 0) is 11.2 Å². The first kappa shape index (κ1) is 16.1. The molecule has 7 heteroatoms. The van der Waals surface area contributed by atoms with Crippen molar-refractivity contribution in [2.45, 2.75) is 6.42 Å². The van der Waals surface area contributed by atoms with E-state index in [9.17, 15) is 4.79 Å². The van der Waals surface area contributed by atoms with Crippen molar-refractivity contribution in [1.82, 2.24) is 10.4 Å². The van der Waals surface area contributed by atoms with Gasteiger partial charge in [-0.3, -0.25) is 15.6 Å². The van der Waals surface area contributed by atoms with Crippen molar-refractivity contribution >= 4 is 32.6 Å². The number of methoxy groups -OCH3 is 2. The topological polar surface area (TPSA) is 72.5 Å². The lowest BCUT2D eigenvalue weighted by Crippen LogP contribution is -2.30. The zero-order valence-electron chi connectivity index (χ0n) is 13.3. The summed E-state index contributed by atoms with van der Waals surface area (Å²) in [6.45, 7) is 0. The number of carbonyl (C=O) groups excluding carboxylic acids is 1. The standard InChI is InChI=1S/C17H17N3O3S/c1-22-13-8-7-11(9-14(13)23-2)10-16(21)19-20-17-18-12-5-3-4-6-15(12)24-17/h3-9H,10H2,1-2H3,(H,18,20)(H,19,21). The van der Waals surface area contributed by atoms with Gasteiger partial charge in [-0.05, 0) is 29.8 Å². The predicted octanol–water partition coefficient (Wildman–Crippen LogP) is 3.00. The number of hydrazine groups is 1. The Labute approximate surface area is 143 Å². The van der Waals surface area contributed by atoms with Crippen LogP contribution < -0.4 is 20.3 Å². The Bertz CT molecular complexity index is 830. The van der Waals surface area contributed by atoms with Crippen molar-refractivity contribution in [3.05, 3.63) is 48.0 Å². The van der Waals surface area contributed by atoms with Crippen LogP contribution in [0.15, 0.2) is 42.5 Å². The molecule has 1 heterocycles. The van der Waals surface area contributed by atoms with Crippen molar-refractivity contribution in [3.8, 4) is 11.5 Å². The molecule has 6 nitrogen and oxygen atoms in total. The maximum Gasteiger partial charge on any atom is 0.242 e. The first-order valence-electron chi connectivity index (χ1n) is 7.31. The molecule has 0 saturated carbocycles. The van der Waals surface area contributed by atoms with Gasteiger partial charge in [-0.25, -0.2) is 4.98 Å². The third-order valence-electron chi connectivity index (χ3n) is 3.42. The molecule has 0 bridgehead atoms. The van der Waals surface area contributed by atoms with Crippen LogP contribution in [0.25, 0.3) is 10.2 Å². The van der Waals surface area contributed by atoms with E-state index in [1.807, 2.05) is 30.3 Å². The second kappa shape index (κ2) is 7.18. The predicted molar refractivity (Wildman–Crippen MR) is 94.6 cm³/mol. The van der Waals surface area contributed by atoms with E-state index in [4.69, 9.17) is 9.47 Å². The molecule has 0 aliphatic rings. The number of hydrogen-bond donors (Lipinski definition) is 2. The number of carbonyl (C=O) groups is 1. The molecule has 0 atom stereocenters. The summed E-state index contributed by atoms with van der Waals surface area (Å²) < 4.78 is 11.5. The number of anilines is 1. The second-order valence-corrected chi connectivity index (χ2v) is 6.06. The Kier molecular flexibility index (Phi) is 4.81. The number of aromatic nitrogens is 1. The Morgan fingerprint density at radius 1 is 1.12 bits per heavy atom. The van der Waals surface area contributed by atoms with Crippen LogP contribution in [0.1, 0.15) is 5.56 Å². The summed E-state index contributed by atoms with van der Waals surface area (Å²) in [7, 11) is 3.14. The Hall–Kier alpha value is -2.80. The fourth-order valence-corrected chi connectivity index (χ4v) is 3.09. The van der Waals surface area contributed by atoms with Crippen molar-refractivity contribution < 1.29 is 14.3 Å². The fourth-order valence-electron chi connectivity index (χ4n) is 2.27. The molecular formula is C17H17N3O3S. The summed E-state index contributed by atoms with van der Waals surface area (Å²) in [6.07, 6.45) is 0.220. The highest BCUT2D eigenvalue weighted by atomic mass is 32.1. The highest BCUT2D eigenvalue weighted by Crippen LogP contribution is 2.28. The van der Waals surface area contributed by atoms with Crippen LogP contribution in [0.3, 0.4) is 0 Å². The lowest BCUT2D eigenvalue weighted by atomic mass is 10.1. The summed E-state index contributed by atoms with van der Waals surface area (Å²) >= 11 is 1.48. The van der Waals surface area contributed by atoms with Gasteiger partial charge in [0.2, 0.25) is 11.0 Å². The molecule has 3 rings (SSSR count). The molecule has 2 N–H and O–H groups in total. The van der Waals surface area contributed by atoms with Gasteiger partial charge in [0.1, 0.15) is 0 Å². The molecule has 0 radical (unpaired) electrons. The summed E-state index contributed by atoms with van der Waals surface area (Å²) in [4.78, 5) is 16.5. The number of hydrogen-bond acceptors (Lipinski definition) is 6. The number of benzene rings is 2. The average molecular weight is 343 g/mol. The molecule has 2 aromatic carbocycles. The number of rotatable bonds is 6. The molecular weight excluding hydrogens is 326 g/mol. The summed E-state index contributed by atoms with van der Waals surface area (Å²) in [5.74, 6) is 1.07. The number of fused-ring (bicyclic) bond motifs is 1. The van der Waals surface area contributed by atoms with E-state index < -0.39 is 0 Å². The van der Waals surface area contributed by atoms with Gasteiger partial charge in [0.15, 0.2) is 11.5 Å². The minimum Gasteiger partial charge on any atom is -0.493 e. The summed E-state index contributed by atoms with van der Waals surface area (Å²) in [5.41, 5.74) is 7.25. The minimum atomic E-state index is -0.165. The van der Waals surface area contributed by atoms with E-state index in [-0.39, 0.29) is 12.3 Å². The number of nitrogens with one attached hydrogen (secondary N) is 2. The zero-order valence-corrected chi connectivity index (χ0v) is 14.1. The van der Waals surface area contributed by atoms with Gasteiger partial charge < -0.3 is 9.47 Å². The number of nitrogens with zero attached hydrogens (tertiary/aromatic N) is 1. The monoisotopic (exact) mass is 343 g/mol. The fraction of sp³-hybridized carbons (Fsp3) is 0.176. The van der Waals surface area contributed by atoms with Gasteiger partial charge in [0.25, 0.3) is 0 Å². The smallest absolute Gasteiger partial charge is 0.242 e. The maximum absolute atomic E-state index is 12.1. The molecule has 0 unspecified atom stereocenters. The molecule has 0 fully saturated rings. The van der Waals surface area contributed by atoms with Crippen molar-refractivity contribution in [3.63, 3.8) is 0 Å². The molecule has 3 aromatic rings. The Morgan fingerprint density at radius 2 is 1.92 bits per heavy atom. The normalized spacial score (nSPS) is 10.4. The lowest BCUT2D eigenvalue weighted by molar-refractivity contribution is -0.119. The maximum atomic E-state index is 12.1. The van der Waals surface area contributed by atoms with Gasteiger partial charge in [-0.1, -0.05) is 29.5 Å². The minimum absolute atomic E-state index is 0.165. The quantitative estimate of drug-likeness (QED) is 0.673. The summed E-state index contributed by atoms with van der Waals surface area (Å²) in [5, 5.41) is 0.650. The third-order valence-corrected chi connectivity index (χ3v) is 4.37. The molecule has 1 aromatic heterocycles. The first-order chi connectivity index (χ1) is 11.7. The molecule has 24 heavy (non-hydrogen) atoms. The average Bonchev–Trinajstić information content (AvgIpc) is 3.03. The number of ether oxygens (including phenoxy) is 2. The van der Waals surface area contributed by atoms with Crippen LogP contribution in [-0.4, -0.2) is 25.1 Å². The zero-order chi connectivity index (χ0) is 16.9. The van der Waals surface area contributed by atoms with E-state index in [0.29, 0.717) is 16.6 Å². The molecule has 0 spiro atoms. The number of para-hydroxylation sites is 1. The first-order valence-corrected chi connectivity index (χ1v) is 8.12. The molecule has 0 aliphatic heterocycles. The second-order valence-electron chi connectivity index (χ2n) is 5.03. The number of amides is 1. The molecule has 0 aliphatic carbocycles. The Morgan fingerprint density at radius 3 is 2.67 bits per heavy atom. The van der Waals surface area contributed by atoms with Gasteiger partial charge in [-0.2, -0.15) is 0 Å². The lowest BCUT2D eigenvalue weighted by Gasteiger charge is -2.10. The third kappa shape index (κ3) is 3.57. The number of thiazole rings is 1. The molecule has 124 valence electrons. The van der Waals surface area contributed by atoms with Crippen molar-refractivity contribution in [1.29, 1.82) is 0 Å². The van der Waals surface area contributed by atoms with Crippen LogP contribution in [0.5, 0.6) is 11.5 Å². The Balaban J connectivity index is 1.61. The van der Waals surface area contributed by atoms with Gasteiger partial charge in [0.05, 0.1) is 30.9 Å². The summed E-state index contributed by atoms with van der Waals surface area (Å²) in [6, 6.07) is 13.2. The van der Waals surface area contributed by atoms with E-state index in [0.717, 1.165) is 15.8 Å². The van der Waals surface area contributed by atoms with Crippen molar-refractivity contribution in [2.75, 3.05) is 19.6 Å². The van der Waals surface area contributed by atoms with Crippen molar-refractivity contribution in [2.24, 2.45) is 0 Å². The highest BCUT2D eigenvalue weighted by Gasteiger charge is 2.09. The van der Waals surface area contributed by atoms with Crippen LogP contribution in [0, 0.1) is 0 Å². The SMILES string of the molecule is COc1ccc(CC(=O)NNc2nc3ccccc3s2)cc1OC. The van der Waals surface area contributed by atoms with Gasteiger partial charge in [-0.15, -0.1) is 0 Å². The van der Waals surface area contributed by atoms with E-state index in [1.54, 1.807) is 26.4 Å². The van der Waals surface area contributed by atoms with E-state index >= 15 is 0 Å². The largest absolute Gasteiger partial charge is 0.493 e. The van der Waals surface area contributed by atoms with E-state index in [2.05, 4.69) is 15.8 Å². The van der Waals surface area contributed by atoms with Crippen LogP contribution in [0.4, 0.5) is 5.13 Å².